The highest BCUT2D eigenvalue weighted by atomic mass is 16.6. The molecule has 0 aromatic carbocycles. The lowest BCUT2D eigenvalue weighted by Gasteiger charge is -2.29. The normalized spacial score (nSPS) is 14.3. The minimum atomic E-state index is -1.27. The van der Waals surface area contributed by atoms with E-state index in [1.807, 2.05) is 0 Å². The van der Waals surface area contributed by atoms with Crippen molar-refractivity contribution in [1.82, 2.24) is 5.32 Å². The van der Waals surface area contributed by atoms with Crippen LogP contribution in [0.5, 0.6) is 0 Å². The van der Waals surface area contributed by atoms with Gasteiger partial charge in [-0.05, 0) is 34.1 Å². The zero-order chi connectivity index (χ0) is 14.4. The van der Waals surface area contributed by atoms with E-state index in [2.05, 4.69) is 10.1 Å². The van der Waals surface area contributed by atoms with Gasteiger partial charge in [-0.3, -0.25) is 0 Å². The van der Waals surface area contributed by atoms with Gasteiger partial charge in [0.15, 0.2) is 0 Å². The van der Waals surface area contributed by atoms with E-state index in [4.69, 9.17) is 4.74 Å². The maximum Gasteiger partial charge on any atom is 0.408 e. The number of hydrogen-bond acceptors (Lipinski definition) is 5. The van der Waals surface area contributed by atoms with E-state index in [1.165, 1.54) is 14.0 Å². The second kappa shape index (κ2) is 6.37. The van der Waals surface area contributed by atoms with Crippen LogP contribution in [-0.2, 0) is 19.1 Å². The third-order valence-corrected chi connectivity index (χ3v) is 2.17. The van der Waals surface area contributed by atoms with E-state index in [9.17, 15) is 14.4 Å². The molecule has 1 atom stereocenters. The van der Waals surface area contributed by atoms with Crippen molar-refractivity contribution in [1.29, 1.82) is 0 Å². The van der Waals surface area contributed by atoms with Crippen LogP contribution < -0.4 is 5.32 Å². The molecule has 0 saturated heterocycles. The van der Waals surface area contributed by atoms with Gasteiger partial charge in [-0.2, -0.15) is 0 Å². The lowest BCUT2D eigenvalue weighted by molar-refractivity contribution is -0.148. The summed E-state index contributed by atoms with van der Waals surface area (Å²) in [6.45, 7) is 6.64. The second-order valence-corrected chi connectivity index (χ2v) is 5.16. The fourth-order valence-corrected chi connectivity index (χ4v) is 1.32. The number of esters is 1. The van der Waals surface area contributed by atoms with E-state index in [1.54, 1.807) is 20.8 Å². The predicted octanol–water partition coefficient (Wildman–Crippen LogP) is 1.42. The van der Waals surface area contributed by atoms with E-state index in [0.29, 0.717) is 6.29 Å². The Hall–Kier alpha value is -1.59. The molecule has 1 unspecified atom stereocenters. The number of amides is 1. The number of rotatable bonds is 5. The van der Waals surface area contributed by atoms with Gasteiger partial charge in [-0.15, -0.1) is 0 Å². The molecule has 0 bridgehead atoms. The van der Waals surface area contributed by atoms with Gasteiger partial charge in [0.1, 0.15) is 17.4 Å². The van der Waals surface area contributed by atoms with Gasteiger partial charge in [0, 0.05) is 6.42 Å². The molecule has 0 spiro atoms. The fourth-order valence-electron chi connectivity index (χ4n) is 1.32. The molecular weight excluding hydrogens is 238 g/mol. The first kappa shape index (κ1) is 16.4. The van der Waals surface area contributed by atoms with Gasteiger partial charge < -0.3 is 19.6 Å². The Morgan fingerprint density at radius 1 is 1.22 bits per heavy atom. The Bertz CT molecular complexity index is 321. The molecule has 6 nitrogen and oxygen atoms in total. The zero-order valence-electron chi connectivity index (χ0n) is 11.5. The molecule has 104 valence electrons. The number of ether oxygens (including phenoxy) is 2. The van der Waals surface area contributed by atoms with Gasteiger partial charge in [0.2, 0.25) is 0 Å². The third kappa shape index (κ3) is 5.65. The minimum absolute atomic E-state index is 0.140. The van der Waals surface area contributed by atoms with Crippen LogP contribution in [-0.4, -0.2) is 36.6 Å². The monoisotopic (exact) mass is 259 g/mol. The molecule has 1 amide bonds. The maximum absolute atomic E-state index is 11.6. The van der Waals surface area contributed by atoms with Crippen molar-refractivity contribution in [2.24, 2.45) is 0 Å². The van der Waals surface area contributed by atoms with Gasteiger partial charge in [0.05, 0.1) is 7.11 Å². The summed E-state index contributed by atoms with van der Waals surface area (Å²) in [5.74, 6) is -0.616. The van der Waals surface area contributed by atoms with Gasteiger partial charge in [-0.1, -0.05) is 0 Å². The molecule has 0 fully saturated rings. The van der Waals surface area contributed by atoms with Crippen LogP contribution >= 0.6 is 0 Å². The molecule has 0 aromatic heterocycles. The Morgan fingerprint density at radius 3 is 2.17 bits per heavy atom. The number of aldehydes is 1. The number of alkyl carbamates (subject to hydrolysis) is 1. The zero-order valence-corrected chi connectivity index (χ0v) is 11.5. The van der Waals surface area contributed by atoms with Crippen LogP contribution in [0.3, 0.4) is 0 Å². The van der Waals surface area contributed by atoms with Crippen LogP contribution in [0.1, 0.15) is 40.5 Å². The summed E-state index contributed by atoms with van der Waals surface area (Å²) in [6, 6.07) is 0. The molecule has 0 heterocycles. The standard InChI is InChI=1S/C12H21NO5/c1-11(2,3)18-10(16)13-12(4,7-6-8-14)9(15)17-5/h8H,6-7H2,1-5H3,(H,13,16). The first-order valence-electron chi connectivity index (χ1n) is 5.68. The van der Waals surface area contributed by atoms with E-state index < -0.39 is 23.2 Å². The smallest absolute Gasteiger partial charge is 0.408 e. The topological polar surface area (TPSA) is 81.7 Å². The van der Waals surface area contributed by atoms with E-state index in [-0.39, 0.29) is 12.8 Å². The summed E-state index contributed by atoms with van der Waals surface area (Å²) in [7, 11) is 1.22. The van der Waals surface area contributed by atoms with Gasteiger partial charge in [0.25, 0.3) is 0 Å². The lowest BCUT2D eigenvalue weighted by Crippen LogP contribution is -2.54. The van der Waals surface area contributed by atoms with Crippen LogP contribution in [0.25, 0.3) is 0 Å². The van der Waals surface area contributed by atoms with E-state index >= 15 is 0 Å². The van der Waals surface area contributed by atoms with Crippen LogP contribution in [0.4, 0.5) is 4.79 Å². The Morgan fingerprint density at radius 2 is 1.78 bits per heavy atom. The molecule has 0 aliphatic heterocycles. The highest BCUT2D eigenvalue weighted by molar-refractivity contribution is 5.85. The molecule has 0 aliphatic rings. The molecule has 0 radical (unpaired) electrons. The molecule has 0 rings (SSSR count). The average molecular weight is 259 g/mol. The lowest BCUT2D eigenvalue weighted by atomic mass is 9.96. The maximum atomic E-state index is 11.6. The largest absolute Gasteiger partial charge is 0.467 e. The average Bonchev–Trinajstić information content (AvgIpc) is 2.22. The van der Waals surface area contributed by atoms with Crippen LogP contribution in [0.2, 0.25) is 0 Å². The van der Waals surface area contributed by atoms with Crippen molar-refractivity contribution in [2.45, 2.75) is 51.7 Å². The first-order chi connectivity index (χ1) is 8.14. The first-order valence-corrected chi connectivity index (χ1v) is 5.68. The summed E-state index contributed by atoms with van der Waals surface area (Å²) in [6.07, 6.45) is 0.253. The number of nitrogens with one attached hydrogen (secondary N) is 1. The van der Waals surface area contributed by atoms with Crippen molar-refractivity contribution in [3.63, 3.8) is 0 Å². The fraction of sp³-hybridized carbons (Fsp3) is 0.750. The molecule has 18 heavy (non-hydrogen) atoms. The number of carbonyl (C=O) groups is 3. The number of methoxy groups -OCH3 is 1. The van der Waals surface area contributed by atoms with Crippen molar-refractivity contribution >= 4 is 18.3 Å². The molecule has 1 N–H and O–H groups in total. The minimum Gasteiger partial charge on any atom is -0.467 e. The Labute approximate surface area is 107 Å². The van der Waals surface area contributed by atoms with Crippen LogP contribution in [0, 0.1) is 0 Å². The Balaban J connectivity index is 4.73. The number of carbonyl (C=O) groups excluding carboxylic acids is 3. The molecule has 0 aromatic rings. The highest BCUT2D eigenvalue weighted by Crippen LogP contribution is 2.15. The van der Waals surface area contributed by atoms with E-state index in [0.717, 1.165) is 0 Å². The van der Waals surface area contributed by atoms with Crippen molar-refractivity contribution < 1.29 is 23.9 Å². The summed E-state index contributed by atoms with van der Waals surface area (Å²) >= 11 is 0. The Kier molecular flexibility index (Phi) is 5.81. The SMILES string of the molecule is COC(=O)C(C)(CCC=O)NC(=O)OC(C)(C)C. The molecular formula is C12H21NO5. The number of hydrogen-bond donors (Lipinski definition) is 1. The second-order valence-electron chi connectivity index (χ2n) is 5.16. The van der Waals surface area contributed by atoms with Crippen molar-refractivity contribution in [3.8, 4) is 0 Å². The predicted molar refractivity (Wildman–Crippen MR) is 65.1 cm³/mol. The van der Waals surface area contributed by atoms with Gasteiger partial charge >= 0.3 is 12.1 Å². The molecule has 6 heteroatoms. The quantitative estimate of drug-likeness (QED) is 0.596. The highest BCUT2D eigenvalue weighted by Gasteiger charge is 2.36. The summed E-state index contributed by atoms with van der Waals surface area (Å²) in [5, 5.41) is 2.44. The summed E-state index contributed by atoms with van der Waals surface area (Å²) in [5.41, 5.74) is -1.93. The van der Waals surface area contributed by atoms with Crippen molar-refractivity contribution in [3.05, 3.63) is 0 Å². The summed E-state index contributed by atoms with van der Waals surface area (Å²) < 4.78 is 9.68. The summed E-state index contributed by atoms with van der Waals surface area (Å²) in [4.78, 5) is 33.6. The van der Waals surface area contributed by atoms with Crippen molar-refractivity contribution in [2.75, 3.05) is 7.11 Å². The molecule has 0 saturated carbocycles. The molecule has 0 aliphatic carbocycles. The van der Waals surface area contributed by atoms with Gasteiger partial charge in [-0.25, -0.2) is 9.59 Å². The third-order valence-electron chi connectivity index (χ3n) is 2.17. The van der Waals surface area contributed by atoms with Crippen LogP contribution in [0.15, 0.2) is 0 Å².